The van der Waals surface area contributed by atoms with Gasteiger partial charge in [0.25, 0.3) is 0 Å². The monoisotopic (exact) mass is 263 g/mol. The Morgan fingerprint density at radius 1 is 1.39 bits per heavy atom. The lowest BCUT2D eigenvalue weighted by atomic mass is 9.81. The molecule has 0 fully saturated rings. The first-order valence-corrected chi connectivity index (χ1v) is 7.19. The Morgan fingerprint density at radius 3 is 2.72 bits per heavy atom. The highest BCUT2D eigenvalue weighted by molar-refractivity contribution is 7.18. The second kappa shape index (κ2) is 5.34. The van der Waals surface area contributed by atoms with Gasteiger partial charge in [-0.1, -0.05) is 32.9 Å². The summed E-state index contributed by atoms with van der Waals surface area (Å²) in [5.74, 6) is 5.70. The Balaban J connectivity index is 2.21. The number of nitrogens with zero attached hydrogens (tertiary/aromatic N) is 1. The normalized spacial score (nSPS) is 14.0. The quantitative estimate of drug-likeness (QED) is 0.644. The fraction of sp³-hybridized carbons (Fsp3) is 0.500. The zero-order valence-corrected chi connectivity index (χ0v) is 12.1. The van der Waals surface area contributed by atoms with E-state index in [1.165, 1.54) is 4.70 Å². The van der Waals surface area contributed by atoms with Gasteiger partial charge in [0.2, 0.25) is 0 Å². The van der Waals surface area contributed by atoms with Crippen molar-refractivity contribution in [3.05, 3.63) is 29.3 Å². The maximum absolute atomic E-state index is 5.70. The van der Waals surface area contributed by atoms with Crippen LogP contribution in [0, 0.1) is 5.41 Å². The maximum atomic E-state index is 5.70. The molecule has 1 aromatic heterocycles. The molecule has 3 N–H and O–H groups in total. The van der Waals surface area contributed by atoms with Gasteiger partial charge >= 0.3 is 0 Å². The van der Waals surface area contributed by atoms with E-state index in [4.69, 9.17) is 5.84 Å². The number of hydrazine groups is 1. The molecule has 0 saturated carbocycles. The van der Waals surface area contributed by atoms with Gasteiger partial charge in [0.05, 0.1) is 15.2 Å². The summed E-state index contributed by atoms with van der Waals surface area (Å²) in [7, 11) is 0. The third-order valence-electron chi connectivity index (χ3n) is 3.77. The molecule has 2 aromatic rings. The number of para-hydroxylation sites is 1. The van der Waals surface area contributed by atoms with Crippen LogP contribution in [0.2, 0.25) is 0 Å². The van der Waals surface area contributed by atoms with Gasteiger partial charge in [-0.2, -0.15) is 0 Å². The van der Waals surface area contributed by atoms with Crippen LogP contribution < -0.4 is 11.3 Å². The highest BCUT2D eigenvalue weighted by atomic mass is 32.1. The van der Waals surface area contributed by atoms with Crippen molar-refractivity contribution in [2.75, 3.05) is 0 Å². The van der Waals surface area contributed by atoms with E-state index < -0.39 is 0 Å². The SMILES string of the molecule is CCC(C)(C)C(Cc1nc2ccccc2s1)NN. The van der Waals surface area contributed by atoms with Gasteiger partial charge in [0.1, 0.15) is 0 Å². The van der Waals surface area contributed by atoms with E-state index in [1.54, 1.807) is 11.3 Å². The lowest BCUT2D eigenvalue weighted by Gasteiger charge is -2.32. The molecule has 0 bridgehead atoms. The van der Waals surface area contributed by atoms with E-state index in [0.29, 0.717) is 0 Å². The minimum Gasteiger partial charge on any atom is -0.271 e. The predicted molar refractivity (Wildman–Crippen MR) is 78.5 cm³/mol. The lowest BCUT2D eigenvalue weighted by Crippen LogP contribution is -2.46. The molecule has 1 unspecified atom stereocenters. The van der Waals surface area contributed by atoms with Crippen molar-refractivity contribution in [2.45, 2.75) is 39.7 Å². The van der Waals surface area contributed by atoms with Crippen LogP contribution in [0.4, 0.5) is 0 Å². The molecule has 18 heavy (non-hydrogen) atoms. The minimum absolute atomic E-state index is 0.173. The molecular formula is C14H21N3S. The van der Waals surface area contributed by atoms with Crippen LogP contribution in [-0.2, 0) is 6.42 Å². The van der Waals surface area contributed by atoms with Gasteiger partial charge in [0, 0.05) is 12.5 Å². The van der Waals surface area contributed by atoms with E-state index in [0.717, 1.165) is 23.4 Å². The topological polar surface area (TPSA) is 50.9 Å². The largest absolute Gasteiger partial charge is 0.271 e. The third kappa shape index (κ3) is 2.71. The number of rotatable bonds is 5. The van der Waals surface area contributed by atoms with Crippen LogP contribution in [0.15, 0.2) is 24.3 Å². The zero-order chi connectivity index (χ0) is 13.2. The molecule has 0 radical (unpaired) electrons. The molecule has 3 nitrogen and oxygen atoms in total. The molecule has 98 valence electrons. The van der Waals surface area contributed by atoms with Gasteiger partial charge in [0.15, 0.2) is 0 Å². The lowest BCUT2D eigenvalue weighted by molar-refractivity contribution is 0.231. The van der Waals surface area contributed by atoms with Crippen LogP contribution in [0.1, 0.15) is 32.2 Å². The summed E-state index contributed by atoms with van der Waals surface area (Å²) in [6.45, 7) is 6.68. The summed E-state index contributed by atoms with van der Waals surface area (Å²) in [4.78, 5) is 4.67. The zero-order valence-electron chi connectivity index (χ0n) is 11.2. The first-order valence-electron chi connectivity index (χ1n) is 6.37. The Hall–Kier alpha value is -0.970. The van der Waals surface area contributed by atoms with Crippen molar-refractivity contribution in [3.8, 4) is 0 Å². The second-order valence-electron chi connectivity index (χ2n) is 5.34. The van der Waals surface area contributed by atoms with Crippen molar-refractivity contribution in [2.24, 2.45) is 11.3 Å². The van der Waals surface area contributed by atoms with Crippen molar-refractivity contribution >= 4 is 21.6 Å². The van der Waals surface area contributed by atoms with Gasteiger partial charge in [-0.25, -0.2) is 4.98 Å². The molecule has 0 amide bonds. The first-order chi connectivity index (χ1) is 8.56. The van der Waals surface area contributed by atoms with Gasteiger partial charge in [-0.15, -0.1) is 11.3 Å². The third-order valence-corrected chi connectivity index (χ3v) is 4.83. The fourth-order valence-electron chi connectivity index (χ4n) is 1.99. The number of nitrogens with two attached hydrogens (primary N) is 1. The summed E-state index contributed by atoms with van der Waals surface area (Å²) in [5, 5.41) is 1.15. The molecule has 2 rings (SSSR count). The molecule has 1 aromatic carbocycles. The van der Waals surface area contributed by atoms with Crippen molar-refractivity contribution < 1.29 is 0 Å². The average Bonchev–Trinajstić information content (AvgIpc) is 2.78. The summed E-state index contributed by atoms with van der Waals surface area (Å²) in [6.07, 6.45) is 1.98. The van der Waals surface area contributed by atoms with Crippen LogP contribution in [0.25, 0.3) is 10.2 Å². The number of hydrogen-bond acceptors (Lipinski definition) is 4. The number of benzene rings is 1. The minimum atomic E-state index is 0.173. The molecule has 0 saturated heterocycles. The second-order valence-corrected chi connectivity index (χ2v) is 6.46. The number of nitrogens with one attached hydrogen (secondary N) is 1. The number of fused-ring (bicyclic) bond motifs is 1. The first kappa shape index (κ1) is 13.5. The summed E-state index contributed by atoms with van der Waals surface area (Å²) >= 11 is 1.76. The van der Waals surface area contributed by atoms with Crippen LogP contribution >= 0.6 is 11.3 Å². The smallest absolute Gasteiger partial charge is 0.0954 e. The Labute approximate surface area is 112 Å². The number of thiazole rings is 1. The van der Waals surface area contributed by atoms with Crippen molar-refractivity contribution in [1.29, 1.82) is 0 Å². The average molecular weight is 263 g/mol. The van der Waals surface area contributed by atoms with E-state index in [-0.39, 0.29) is 11.5 Å². The Kier molecular flexibility index (Phi) is 4.00. The molecule has 1 atom stereocenters. The molecule has 0 aliphatic rings. The van der Waals surface area contributed by atoms with Crippen LogP contribution in [0.5, 0.6) is 0 Å². The number of aromatic nitrogens is 1. The maximum Gasteiger partial charge on any atom is 0.0954 e. The Morgan fingerprint density at radius 2 is 2.11 bits per heavy atom. The molecular weight excluding hydrogens is 242 g/mol. The molecule has 0 aliphatic heterocycles. The van der Waals surface area contributed by atoms with Crippen molar-refractivity contribution in [1.82, 2.24) is 10.4 Å². The summed E-state index contributed by atoms with van der Waals surface area (Å²) in [6, 6.07) is 8.51. The Bertz CT molecular complexity index is 485. The molecule has 1 heterocycles. The highest BCUT2D eigenvalue weighted by Crippen LogP contribution is 2.29. The molecule has 4 heteroatoms. The van der Waals surface area contributed by atoms with Crippen LogP contribution in [0.3, 0.4) is 0 Å². The number of hydrogen-bond donors (Lipinski definition) is 2. The highest BCUT2D eigenvalue weighted by Gasteiger charge is 2.27. The van der Waals surface area contributed by atoms with Crippen LogP contribution in [-0.4, -0.2) is 11.0 Å². The molecule has 0 spiro atoms. The standard InChI is InChI=1S/C14H21N3S/c1-4-14(2,3)12(17-15)9-13-16-10-7-5-6-8-11(10)18-13/h5-8,12,17H,4,9,15H2,1-3H3. The molecule has 0 aliphatic carbocycles. The van der Waals surface area contributed by atoms with Gasteiger partial charge < -0.3 is 0 Å². The van der Waals surface area contributed by atoms with E-state index in [1.807, 2.05) is 6.07 Å². The fourth-order valence-corrected chi connectivity index (χ4v) is 3.00. The summed E-state index contributed by atoms with van der Waals surface area (Å²) in [5.41, 5.74) is 4.21. The summed E-state index contributed by atoms with van der Waals surface area (Å²) < 4.78 is 1.25. The van der Waals surface area contributed by atoms with E-state index >= 15 is 0 Å². The van der Waals surface area contributed by atoms with E-state index in [9.17, 15) is 0 Å². The predicted octanol–water partition coefficient (Wildman–Crippen LogP) is 3.11. The van der Waals surface area contributed by atoms with E-state index in [2.05, 4.69) is 49.4 Å². The van der Waals surface area contributed by atoms with Crippen molar-refractivity contribution in [3.63, 3.8) is 0 Å². The van der Waals surface area contributed by atoms with Gasteiger partial charge in [-0.05, 0) is 24.0 Å². The van der Waals surface area contributed by atoms with Gasteiger partial charge in [-0.3, -0.25) is 11.3 Å².